The topological polar surface area (TPSA) is 104 Å². The van der Waals surface area contributed by atoms with Crippen molar-refractivity contribution in [2.24, 2.45) is 5.10 Å². The number of carbonyl (C=O) groups excluding carboxylic acids is 1. The van der Waals surface area contributed by atoms with Crippen LogP contribution in [0.25, 0.3) is 10.9 Å². The molecular formula is C26H29BrN4O6. The van der Waals surface area contributed by atoms with E-state index < -0.39 is 0 Å². The normalized spacial score (nSPS) is 13.9. The number of halogens is 1. The largest absolute Gasteiger partial charge is 0.493 e. The van der Waals surface area contributed by atoms with Crippen molar-refractivity contribution in [2.45, 2.75) is 19.8 Å². The first-order chi connectivity index (χ1) is 17.8. The molecule has 0 unspecified atom stereocenters. The molecule has 37 heavy (non-hydrogen) atoms. The Balaban J connectivity index is 1.65. The number of rotatable bonds is 8. The van der Waals surface area contributed by atoms with Gasteiger partial charge in [0.1, 0.15) is 5.82 Å². The van der Waals surface area contributed by atoms with E-state index in [9.17, 15) is 9.59 Å². The molecule has 0 aliphatic carbocycles. The summed E-state index contributed by atoms with van der Waals surface area (Å²) in [6.07, 6.45) is 1.53. The van der Waals surface area contributed by atoms with Gasteiger partial charge in [-0.2, -0.15) is 9.78 Å². The highest BCUT2D eigenvalue weighted by Gasteiger charge is 2.20. The maximum absolute atomic E-state index is 13.3. The van der Waals surface area contributed by atoms with Gasteiger partial charge in [-0.25, -0.2) is 4.98 Å². The minimum Gasteiger partial charge on any atom is -0.493 e. The molecule has 0 saturated carbocycles. The molecular weight excluding hydrogens is 544 g/mol. The summed E-state index contributed by atoms with van der Waals surface area (Å²) in [5.74, 6) is 1.40. The van der Waals surface area contributed by atoms with E-state index in [1.54, 1.807) is 29.2 Å². The van der Waals surface area contributed by atoms with Crippen LogP contribution in [-0.4, -0.2) is 73.8 Å². The summed E-state index contributed by atoms with van der Waals surface area (Å²) in [6.45, 7) is 5.83. The van der Waals surface area contributed by atoms with Crippen molar-refractivity contribution in [3.63, 3.8) is 0 Å². The van der Waals surface area contributed by atoms with E-state index in [0.717, 1.165) is 4.47 Å². The van der Waals surface area contributed by atoms with Crippen molar-refractivity contribution in [3.8, 4) is 17.2 Å². The molecule has 196 valence electrons. The Kier molecular flexibility index (Phi) is 8.45. The number of aromatic nitrogens is 2. The summed E-state index contributed by atoms with van der Waals surface area (Å²) in [4.78, 5) is 32.2. The number of amides is 1. The Morgan fingerprint density at radius 3 is 2.46 bits per heavy atom. The molecule has 0 bridgehead atoms. The first-order valence-corrected chi connectivity index (χ1v) is 12.6. The number of fused-ring (bicyclic) bond motifs is 1. The Morgan fingerprint density at radius 1 is 1.16 bits per heavy atom. The lowest BCUT2D eigenvalue weighted by Gasteiger charge is -2.27. The van der Waals surface area contributed by atoms with Crippen LogP contribution in [0.1, 0.15) is 31.2 Å². The minimum atomic E-state index is -0.272. The number of hydrogen-bond donors (Lipinski definition) is 0. The van der Waals surface area contributed by atoms with Crippen LogP contribution in [0.15, 0.2) is 44.7 Å². The van der Waals surface area contributed by atoms with E-state index in [1.807, 2.05) is 19.9 Å². The van der Waals surface area contributed by atoms with Crippen LogP contribution in [0.4, 0.5) is 0 Å². The van der Waals surface area contributed by atoms with E-state index in [4.69, 9.17) is 18.9 Å². The first kappa shape index (κ1) is 26.6. The number of carbonyl (C=O) groups is 1. The van der Waals surface area contributed by atoms with Crippen molar-refractivity contribution in [2.75, 3.05) is 47.1 Å². The Morgan fingerprint density at radius 2 is 1.84 bits per heavy atom. The van der Waals surface area contributed by atoms with Crippen molar-refractivity contribution in [1.29, 1.82) is 0 Å². The first-order valence-electron chi connectivity index (χ1n) is 11.8. The lowest BCUT2D eigenvalue weighted by molar-refractivity contribution is -0.137. The Labute approximate surface area is 222 Å². The second kappa shape index (κ2) is 11.7. The van der Waals surface area contributed by atoms with Crippen LogP contribution in [0, 0.1) is 0 Å². The number of ether oxygens (including phenoxy) is 4. The van der Waals surface area contributed by atoms with Gasteiger partial charge in [0.2, 0.25) is 5.75 Å². The van der Waals surface area contributed by atoms with E-state index in [2.05, 4.69) is 26.0 Å². The molecule has 0 spiro atoms. The SMILES string of the molecule is COc1cc(C=Nn2c(C(C)C)nc3ccc(Br)cc3c2=O)cc(OC)c1OCC(=O)N1CCOCC1. The van der Waals surface area contributed by atoms with Crippen LogP contribution in [0.5, 0.6) is 17.2 Å². The Bertz CT molecular complexity index is 1360. The average molecular weight is 573 g/mol. The molecule has 0 atom stereocenters. The summed E-state index contributed by atoms with van der Waals surface area (Å²) in [6, 6.07) is 8.79. The lowest BCUT2D eigenvalue weighted by atomic mass is 10.2. The standard InChI is InChI=1S/C26H29BrN4O6/c1-16(2)25-29-20-6-5-18(27)13-19(20)26(33)31(25)28-14-17-11-21(34-3)24(22(12-17)35-4)37-15-23(32)30-7-9-36-10-8-30/h5-6,11-14,16H,7-10,15H2,1-4H3. The molecule has 1 fully saturated rings. The van der Waals surface area contributed by atoms with Gasteiger partial charge < -0.3 is 23.8 Å². The third-order valence-electron chi connectivity index (χ3n) is 5.86. The van der Waals surface area contributed by atoms with Crippen LogP contribution >= 0.6 is 15.9 Å². The van der Waals surface area contributed by atoms with Crippen LogP contribution in [0.2, 0.25) is 0 Å². The molecule has 0 N–H and O–H groups in total. The third-order valence-corrected chi connectivity index (χ3v) is 6.35. The highest BCUT2D eigenvalue weighted by atomic mass is 79.9. The average Bonchev–Trinajstić information content (AvgIpc) is 2.91. The summed E-state index contributed by atoms with van der Waals surface area (Å²) < 4.78 is 24.2. The summed E-state index contributed by atoms with van der Waals surface area (Å²) in [7, 11) is 3.00. The minimum absolute atomic E-state index is 0.0400. The van der Waals surface area contributed by atoms with E-state index >= 15 is 0 Å². The molecule has 1 saturated heterocycles. The predicted octanol–water partition coefficient (Wildman–Crippen LogP) is 3.42. The number of morpholine rings is 1. The zero-order chi connectivity index (χ0) is 26.5. The molecule has 1 aliphatic rings. The number of methoxy groups -OCH3 is 2. The molecule has 4 rings (SSSR count). The summed E-state index contributed by atoms with van der Waals surface area (Å²) in [5, 5.41) is 4.93. The van der Waals surface area contributed by atoms with Crippen molar-refractivity contribution in [1.82, 2.24) is 14.6 Å². The maximum atomic E-state index is 13.3. The van der Waals surface area contributed by atoms with Crippen molar-refractivity contribution in [3.05, 3.63) is 56.5 Å². The second-order valence-corrected chi connectivity index (χ2v) is 9.60. The van der Waals surface area contributed by atoms with Crippen molar-refractivity contribution >= 4 is 39.0 Å². The molecule has 3 aromatic rings. The van der Waals surface area contributed by atoms with Gasteiger partial charge in [0.25, 0.3) is 11.5 Å². The highest BCUT2D eigenvalue weighted by molar-refractivity contribution is 9.10. The van der Waals surface area contributed by atoms with Crippen LogP contribution in [-0.2, 0) is 9.53 Å². The van der Waals surface area contributed by atoms with E-state index in [-0.39, 0.29) is 24.0 Å². The fourth-order valence-electron chi connectivity index (χ4n) is 3.93. The Hall–Kier alpha value is -3.44. The molecule has 1 aliphatic heterocycles. The molecule has 10 nitrogen and oxygen atoms in total. The monoisotopic (exact) mass is 572 g/mol. The molecule has 2 heterocycles. The fourth-order valence-corrected chi connectivity index (χ4v) is 4.29. The number of nitrogens with zero attached hydrogens (tertiary/aromatic N) is 4. The van der Waals surface area contributed by atoms with Gasteiger partial charge in [-0.15, -0.1) is 0 Å². The zero-order valence-corrected chi connectivity index (χ0v) is 22.8. The maximum Gasteiger partial charge on any atom is 0.282 e. The summed E-state index contributed by atoms with van der Waals surface area (Å²) >= 11 is 3.41. The highest BCUT2D eigenvalue weighted by Crippen LogP contribution is 2.38. The lowest BCUT2D eigenvalue weighted by Crippen LogP contribution is -2.43. The fraction of sp³-hybridized carbons (Fsp3) is 0.385. The van der Waals surface area contributed by atoms with Gasteiger partial charge in [-0.3, -0.25) is 9.59 Å². The quantitative estimate of drug-likeness (QED) is 0.381. The van der Waals surface area contributed by atoms with E-state index in [1.165, 1.54) is 25.1 Å². The number of benzene rings is 2. The second-order valence-electron chi connectivity index (χ2n) is 8.68. The molecule has 0 radical (unpaired) electrons. The summed E-state index contributed by atoms with van der Waals surface area (Å²) in [5.41, 5.74) is 0.947. The van der Waals surface area contributed by atoms with Gasteiger partial charge in [0.15, 0.2) is 18.1 Å². The third kappa shape index (κ3) is 5.94. The van der Waals surface area contributed by atoms with Gasteiger partial charge in [0, 0.05) is 29.0 Å². The molecule has 2 aromatic carbocycles. The van der Waals surface area contributed by atoms with Gasteiger partial charge in [-0.05, 0) is 30.3 Å². The van der Waals surface area contributed by atoms with Crippen LogP contribution < -0.4 is 19.8 Å². The van der Waals surface area contributed by atoms with Gasteiger partial charge in [-0.1, -0.05) is 29.8 Å². The van der Waals surface area contributed by atoms with Gasteiger partial charge in [0.05, 0.1) is 44.6 Å². The predicted molar refractivity (Wildman–Crippen MR) is 143 cm³/mol. The zero-order valence-electron chi connectivity index (χ0n) is 21.2. The molecule has 1 aromatic heterocycles. The van der Waals surface area contributed by atoms with Crippen molar-refractivity contribution < 1.29 is 23.7 Å². The van der Waals surface area contributed by atoms with E-state index in [0.29, 0.717) is 65.8 Å². The smallest absolute Gasteiger partial charge is 0.282 e. The van der Waals surface area contributed by atoms with Gasteiger partial charge >= 0.3 is 0 Å². The molecule has 11 heteroatoms. The van der Waals surface area contributed by atoms with Crippen LogP contribution in [0.3, 0.4) is 0 Å². The number of hydrogen-bond acceptors (Lipinski definition) is 8. The molecule has 1 amide bonds.